The highest BCUT2D eigenvalue weighted by Crippen LogP contribution is 2.26. The normalized spacial score (nSPS) is 19.2. The van der Waals surface area contributed by atoms with Crippen LogP contribution in [0, 0.1) is 19.8 Å². The van der Waals surface area contributed by atoms with Gasteiger partial charge in [0, 0.05) is 37.1 Å². The summed E-state index contributed by atoms with van der Waals surface area (Å²) in [4.78, 5) is 14.8. The summed E-state index contributed by atoms with van der Waals surface area (Å²) in [5, 5.41) is 14.3. The van der Waals surface area contributed by atoms with Crippen molar-refractivity contribution in [3.63, 3.8) is 0 Å². The largest absolute Gasteiger partial charge is 0.391 e. The molecule has 1 amide bonds. The van der Waals surface area contributed by atoms with Crippen LogP contribution in [0.2, 0.25) is 0 Å². The van der Waals surface area contributed by atoms with Gasteiger partial charge in [0.15, 0.2) is 0 Å². The number of hydrogen-bond donors (Lipinski definition) is 1. The minimum atomic E-state index is -0.561. The van der Waals surface area contributed by atoms with Gasteiger partial charge in [0.25, 0.3) is 5.91 Å². The van der Waals surface area contributed by atoms with E-state index < -0.39 is 6.10 Å². The molecule has 1 aliphatic heterocycles. The highest BCUT2D eigenvalue weighted by molar-refractivity contribution is 5.95. The molecule has 1 N–H and O–H groups in total. The molecule has 5 nitrogen and oxygen atoms in total. The molecule has 1 aliphatic rings. The van der Waals surface area contributed by atoms with Crippen LogP contribution < -0.4 is 0 Å². The molecule has 0 radical (unpaired) electrons. The molecule has 28 heavy (non-hydrogen) atoms. The van der Waals surface area contributed by atoms with E-state index in [0.29, 0.717) is 25.1 Å². The second-order valence-corrected chi connectivity index (χ2v) is 7.63. The van der Waals surface area contributed by atoms with Gasteiger partial charge in [-0.05, 0) is 37.1 Å². The molecule has 2 aromatic carbocycles. The number of nitrogens with zero attached hydrogens (tertiary/aromatic N) is 2. The lowest BCUT2D eigenvalue weighted by molar-refractivity contribution is 0.0764. The number of aliphatic hydroxyl groups excluding tert-OH is 1. The Morgan fingerprint density at radius 1 is 1.11 bits per heavy atom. The predicted molar refractivity (Wildman–Crippen MR) is 107 cm³/mol. The number of aliphatic hydroxyl groups is 1. The van der Waals surface area contributed by atoms with E-state index in [9.17, 15) is 9.90 Å². The average molecular weight is 376 g/mol. The molecule has 2 heterocycles. The van der Waals surface area contributed by atoms with Gasteiger partial charge in [-0.3, -0.25) is 4.79 Å². The van der Waals surface area contributed by atoms with E-state index in [1.807, 2.05) is 49.4 Å². The topological polar surface area (TPSA) is 66.6 Å². The van der Waals surface area contributed by atoms with Crippen molar-refractivity contribution in [2.24, 2.45) is 5.92 Å². The fourth-order valence-electron chi connectivity index (χ4n) is 3.83. The molecule has 3 aromatic rings. The van der Waals surface area contributed by atoms with Crippen LogP contribution in [0.3, 0.4) is 0 Å². The number of likely N-dealkylation sites (tertiary alicyclic amines) is 1. The number of aryl methyl sites for hydroxylation is 2. The third kappa shape index (κ3) is 3.85. The van der Waals surface area contributed by atoms with Crippen LogP contribution in [0.25, 0.3) is 11.1 Å². The van der Waals surface area contributed by atoms with Crippen molar-refractivity contribution in [3.8, 4) is 11.1 Å². The zero-order chi connectivity index (χ0) is 19.7. The maximum atomic E-state index is 13.0. The Morgan fingerprint density at radius 3 is 2.57 bits per heavy atom. The number of β-amino-alcohol motifs (C(OH)–C–C–N with tert-alkyl or cyclic N) is 1. The van der Waals surface area contributed by atoms with Crippen LogP contribution in [-0.4, -0.2) is 40.3 Å². The fourth-order valence-corrected chi connectivity index (χ4v) is 3.83. The molecule has 1 saturated heterocycles. The molecule has 144 valence electrons. The molecule has 0 aliphatic carbocycles. The van der Waals surface area contributed by atoms with Crippen molar-refractivity contribution < 1.29 is 14.4 Å². The molecule has 1 fully saturated rings. The van der Waals surface area contributed by atoms with Crippen molar-refractivity contribution in [3.05, 3.63) is 77.2 Å². The molecule has 1 aromatic heterocycles. The summed E-state index contributed by atoms with van der Waals surface area (Å²) in [7, 11) is 0. The van der Waals surface area contributed by atoms with Gasteiger partial charge in [-0.15, -0.1) is 0 Å². The van der Waals surface area contributed by atoms with Gasteiger partial charge >= 0.3 is 0 Å². The van der Waals surface area contributed by atoms with Crippen LogP contribution >= 0.6 is 0 Å². The Labute approximate surface area is 164 Å². The van der Waals surface area contributed by atoms with Gasteiger partial charge in [0.05, 0.1) is 11.8 Å². The first-order chi connectivity index (χ1) is 13.5. The van der Waals surface area contributed by atoms with E-state index in [2.05, 4.69) is 24.2 Å². The zero-order valence-corrected chi connectivity index (χ0v) is 16.1. The molecule has 2 atom stereocenters. The highest BCUT2D eigenvalue weighted by atomic mass is 16.5. The highest BCUT2D eigenvalue weighted by Gasteiger charge is 2.35. The van der Waals surface area contributed by atoms with Crippen LogP contribution in [0.15, 0.2) is 59.1 Å². The summed E-state index contributed by atoms with van der Waals surface area (Å²) < 4.78 is 5.26. The van der Waals surface area contributed by atoms with Gasteiger partial charge < -0.3 is 14.5 Å². The first-order valence-corrected chi connectivity index (χ1v) is 9.56. The quantitative estimate of drug-likeness (QED) is 0.755. The van der Waals surface area contributed by atoms with Crippen LogP contribution in [-0.2, 0) is 6.42 Å². The number of carbonyl (C=O) groups is 1. The summed E-state index contributed by atoms with van der Waals surface area (Å²) in [6, 6.07) is 17.8. The number of rotatable bonds is 4. The second-order valence-electron chi connectivity index (χ2n) is 7.63. The van der Waals surface area contributed by atoms with E-state index in [-0.39, 0.29) is 11.8 Å². The number of carbonyl (C=O) groups excluding carboxylic acids is 1. The lowest BCUT2D eigenvalue weighted by Gasteiger charge is -2.16. The SMILES string of the molecule is Cc1cccc(-c2cccc(C(=O)N3C[C@@H](Cc4cc(C)no4)[C@@H](O)C3)c2)c1. The molecular weight excluding hydrogens is 352 g/mol. The van der Waals surface area contributed by atoms with Crippen molar-refractivity contribution in [2.75, 3.05) is 13.1 Å². The van der Waals surface area contributed by atoms with Crippen LogP contribution in [0.1, 0.15) is 27.4 Å². The number of hydrogen-bond acceptors (Lipinski definition) is 4. The Balaban J connectivity index is 1.49. The summed E-state index contributed by atoms with van der Waals surface area (Å²) in [5.41, 5.74) is 4.76. The van der Waals surface area contributed by atoms with Gasteiger partial charge in [0.2, 0.25) is 0 Å². The maximum Gasteiger partial charge on any atom is 0.253 e. The molecule has 0 spiro atoms. The second kappa shape index (κ2) is 7.60. The molecule has 4 rings (SSSR count). The molecule has 0 saturated carbocycles. The van der Waals surface area contributed by atoms with E-state index in [4.69, 9.17) is 4.52 Å². The van der Waals surface area contributed by atoms with E-state index in [1.54, 1.807) is 4.90 Å². The average Bonchev–Trinajstić information content (AvgIpc) is 3.27. The maximum absolute atomic E-state index is 13.0. The Morgan fingerprint density at radius 2 is 1.86 bits per heavy atom. The lowest BCUT2D eigenvalue weighted by atomic mass is 10.0. The fraction of sp³-hybridized carbons (Fsp3) is 0.304. The molecule has 5 heteroatoms. The number of amides is 1. The van der Waals surface area contributed by atoms with E-state index >= 15 is 0 Å². The number of benzene rings is 2. The standard InChI is InChI=1S/C23H24N2O3/c1-15-5-3-6-17(9-15)18-7-4-8-19(11-18)23(27)25-13-20(22(26)14-25)12-21-10-16(2)24-28-21/h3-11,20,22,26H,12-14H2,1-2H3/t20-,22+/m1/s1. The zero-order valence-electron chi connectivity index (χ0n) is 16.1. The first kappa shape index (κ1) is 18.4. The predicted octanol–water partition coefficient (Wildman–Crippen LogP) is 3.63. The monoisotopic (exact) mass is 376 g/mol. The third-order valence-corrected chi connectivity index (χ3v) is 5.29. The van der Waals surface area contributed by atoms with Crippen molar-refractivity contribution in [1.29, 1.82) is 0 Å². The molecule has 0 unspecified atom stereocenters. The Hall–Kier alpha value is -2.92. The summed E-state index contributed by atoms with van der Waals surface area (Å²) >= 11 is 0. The smallest absolute Gasteiger partial charge is 0.253 e. The molecular formula is C23H24N2O3. The lowest BCUT2D eigenvalue weighted by Crippen LogP contribution is -2.29. The van der Waals surface area contributed by atoms with E-state index in [1.165, 1.54) is 5.56 Å². The first-order valence-electron chi connectivity index (χ1n) is 9.56. The third-order valence-electron chi connectivity index (χ3n) is 5.29. The van der Waals surface area contributed by atoms with E-state index in [0.717, 1.165) is 22.6 Å². The van der Waals surface area contributed by atoms with Crippen LogP contribution in [0.5, 0.6) is 0 Å². The van der Waals surface area contributed by atoms with Crippen molar-refractivity contribution in [2.45, 2.75) is 26.4 Å². The minimum Gasteiger partial charge on any atom is -0.391 e. The van der Waals surface area contributed by atoms with Gasteiger partial charge in [-0.25, -0.2) is 0 Å². The van der Waals surface area contributed by atoms with Gasteiger partial charge in [0.1, 0.15) is 5.76 Å². The van der Waals surface area contributed by atoms with Crippen LogP contribution in [0.4, 0.5) is 0 Å². The Kier molecular flexibility index (Phi) is 5.01. The summed E-state index contributed by atoms with van der Waals surface area (Å²) in [5.74, 6) is 0.651. The van der Waals surface area contributed by atoms with Crippen molar-refractivity contribution in [1.82, 2.24) is 10.1 Å². The van der Waals surface area contributed by atoms with Gasteiger partial charge in [-0.2, -0.15) is 0 Å². The Bertz CT molecular complexity index is 995. The summed E-state index contributed by atoms with van der Waals surface area (Å²) in [6.45, 7) is 4.77. The minimum absolute atomic E-state index is 0.0451. The van der Waals surface area contributed by atoms with Gasteiger partial charge in [-0.1, -0.05) is 47.1 Å². The molecule has 0 bridgehead atoms. The summed E-state index contributed by atoms with van der Waals surface area (Å²) in [6.07, 6.45) is 0.0177. The number of aromatic nitrogens is 1. The van der Waals surface area contributed by atoms with Crippen molar-refractivity contribution >= 4 is 5.91 Å².